The molecule has 186 valence electrons. The molecule has 3 rings (SSSR count). The number of phenolic OH excluding ortho intramolecular Hbond substituents is 2. The van der Waals surface area contributed by atoms with Crippen LogP contribution in [0.5, 0.6) is 11.5 Å². The molecular formula is C23H28F3N3O5. The normalized spacial score (nSPS) is 18.8. The number of halogens is 3. The van der Waals surface area contributed by atoms with Gasteiger partial charge in [-0.05, 0) is 49.8 Å². The number of Topliss-reactive ketones (excluding diaryl/α,β-unsaturated/α-hetero) is 1. The number of amides is 1. The lowest BCUT2D eigenvalue weighted by atomic mass is 9.81. The zero-order valence-electron chi connectivity index (χ0n) is 18.9. The first-order valence-corrected chi connectivity index (χ1v) is 11.1. The van der Waals surface area contributed by atoms with Crippen molar-refractivity contribution < 1.29 is 37.5 Å². The monoisotopic (exact) mass is 483 g/mol. The number of aromatic hydroxyl groups is 2. The van der Waals surface area contributed by atoms with Crippen LogP contribution in [0, 0.1) is 11.8 Å². The van der Waals surface area contributed by atoms with Crippen LogP contribution in [0.25, 0.3) is 11.3 Å². The molecule has 1 heterocycles. The molecular weight excluding hydrogens is 455 g/mol. The van der Waals surface area contributed by atoms with Crippen LogP contribution in [0.2, 0.25) is 0 Å². The lowest BCUT2D eigenvalue weighted by Gasteiger charge is -2.29. The van der Waals surface area contributed by atoms with Gasteiger partial charge in [-0.3, -0.25) is 9.59 Å². The van der Waals surface area contributed by atoms with E-state index in [1.54, 1.807) is 0 Å². The van der Waals surface area contributed by atoms with Gasteiger partial charge in [-0.1, -0.05) is 19.0 Å². The Kier molecular flexibility index (Phi) is 7.54. The van der Waals surface area contributed by atoms with E-state index in [0.29, 0.717) is 5.56 Å². The van der Waals surface area contributed by atoms with E-state index in [9.17, 15) is 33.0 Å². The molecule has 0 atom stereocenters. The lowest BCUT2D eigenvalue weighted by molar-refractivity contribution is -0.184. The summed E-state index contributed by atoms with van der Waals surface area (Å²) in [5.74, 6) is -3.91. The van der Waals surface area contributed by atoms with E-state index in [0.717, 1.165) is 6.07 Å². The maximum atomic E-state index is 13.0. The molecule has 1 aromatic carbocycles. The maximum Gasteiger partial charge on any atom is 0.391 e. The molecule has 1 aromatic heterocycles. The molecule has 1 aliphatic rings. The number of nitrogens with one attached hydrogen (secondary N) is 1. The number of anilines is 1. The van der Waals surface area contributed by atoms with E-state index in [1.807, 2.05) is 13.8 Å². The average Bonchev–Trinajstić information content (AvgIpc) is 3.16. The number of hydrogen-bond donors (Lipinski definition) is 4. The molecule has 5 N–H and O–H groups in total. The number of alkyl halides is 3. The Balaban J connectivity index is 1.95. The van der Waals surface area contributed by atoms with Gasteiger partial charge >= 0.3 is 6.18 Å². The summed E-state index contributed by atoms with van der Waals surface area (Å²) in [4.78, 5) is 25.5. The highest BCUT2D eigenvalue weighted by Gasteiger charge is 2.42. The number of ketones is 1. The fourth-order valence-electron chi connectivity index (χ4n) is 4.18. The molecule has 1 aliphatic carbocycles. The summed E-state index contributed by atoms with van der Waals surface area (Å²) in [7, 11) is 0. The van der Waals surface area contributed by atoms with Crippen molar-refractivity contribution in [2.75, 3.05) is 11.9 Å². The van der Waals surface area contributed by atoms with E-state index in [2.05, 4.69) is 10.5 Å². The summed E-state index contributed by atoms with van der Waals surface area (Å²) >= 11 is 0. The zero-order valence-corrected chi connectivity index (χ0v) is 18.9. The second-order valence-corrected chi connectivity index (χ2v) is 8.86. The molecule has 0 aliphatic heterocycles. The third kappa shape index (κ3) is 5.35. The first kappa shape index (κ1) is 25.5. The molecule has 0 spiro atoms. The van der Waals surface area contributed by atoms with Gasteiger partial charge in [-0.2, -0.15) is 13.2 Å². The molecule has 0 bridgehead atoms. The van der Waals surface area contributed by atoms with Crippen LogP contribution < -0.4 is 11.1 Å². The summed E-state index contributed by atoms with van der Waals surface area (Å²) in [6.45, 7) is 3.68. The van der Waals surface area contributed by atoms with Gasteiger partial charge < -0.3 is 25.8 Å². The molecule has 34 heavy (non-hydrogen) atoms. The Labute approximate surface area is 194 Å². The number of nitrogens with two attached hydrogens (primary N) is 1. The van der Waals surface area contributed by atoms with E-state index in [-0.39, 0.29) is 78.8 Å². The number of phenols is 2. The highest BCUT2D eigenvalue weighted by atomic mass is 19.4. The first-order chi connectivity index (χ1) is 15.9. The van der Waals surface area contributed by atoms with Crippen LogP contribution in [0.3, 0.4) is 0 Å². The van der Waals surface area contributed by atoms with Crippen LogP contribution in [0.15, 0.2) is 16.7 Å². The van der Waals surface area contributed by atoms with Crippen molar-refractivity contribution >= 4 is 17.4 Å². The molecule has 8 nitrogen and oxygen atoms in total. The average molecular weight is 483 g/mol. The topological polar surface area (TPSA) is 139 Å². The van der Waals surface area contributed by atoms with Crippen molar-refractivity contribution in [3.05, 3.63) is 23.4 Å². The van der Waals surface area contributed by atoms with Gasteiger partial charge in [0, 0.05) is 18.4 Å². The van der Waals surface area contributed by atoms with Crippen LogP contribution in [-0.2, 0) is 4.79 Å². The van der Waals surface area contributed by atoms with Crippen molar-refractivity contribution in [2.45, 2.75) is 58.0 Å². The van der Waals surface area contributed by atoms with E-state index in [4.69, 9.17) is 10.3 Å². The number of nitrogens with zero attached hydrogens (tertiary/aromatic N) is 1. The molecule has 1 fully saturated rings. The number of carbonyl (C=O) groups is 2. The second-order valence-electron chi connectivity index (χ2n) is 8.86. The number of hydrogen-bond acceptors (Lipinski definition) is 7. The Morgan fingerprint density at radius 2 is 1.82 bits per heavy atom. The summed E-state index contributed by atoms with van der Waals surface area (Å²) in [6.07, 6.45) is -4.60. The van der Waals surface area contributed by atoms with Crippen molar-refractivity contribution in [3.63, 3.8) is 0 Å². The Bertz CT molecular complexity index is 1060. The molecule has 0 radical (unpaired) electrons. The summed E-state index contributed by atoms with van der Waals surface area (Å²) in [6, 6.07) is 2.59. The Morgan fingerprint density at radius 1 is 1.18 bits per heavy atom. The third-order valence-electron chi connectivity index (χ3n) is 6.15. The highest BCUT2D eigenvalue weighted by Crippen LogP contribution is 2.43. The minimum absolute atomic E-state index is 0.0256. The van der Waals surface area contributed by atoms with Crippen LogP contribution >= 0.6 is 0 Å². The van der Waals surface area contributed by atoms with Gasteiger partial charge in [0.1, 0.15) is 17.2 Å². The molecule has 1 amide bonds. The standard InChI is InChI=1S/C23H28F3N3O5/c1-11(2)14-9-15(18(32)10-17(14)31)21-20(19(29-34-21)16(30)7-8-27)28-22(33)12-3-5-13(6-4-12)23(24,25)26/h9-13,31-32H,3-8,27H2,1-2H3,(H,28,33). The second kappa shape index (κ2) is 10.0. The third-order valence-corrected chi connectivity index (χ3v) is 6.15. The van der Waals surface area contributed by atoms with Gasteiger partial charge in [-0.25, -0.2) is 0 Å². The van der Waals surface area contributed by atoms with Gasteiger partial charge in [0.2, 0.25) is 5.91 Å². The van der Waals surface area contributed by atoms with Crippen molar-refractivity contribution in [2.24, 2.45) is 17.6 Å². The molecule has 2 aromatic rings. The molecule has 0 unspecified atom stereocenters. The van der Waals surface area contributed by atoms with Gasteiger partial charge in [0.15, 0.2) is 17.2 Å². The molecule has 11 heteroatoms. The minimum Gasteiger partial charge on any atom is -0.508 e. The highest BCUT2D eigenvalue weighted by molar-refractivity contribution is 6.07. The van der Waals surface area contributed by atoms with Gasteiger partial charge in [0.05, 0.1) is 11.5 Å². The molecule has 0 saturated heterocycles. The summed E-state index contributed by atoms with van der Waals surface area (Å²) in [5, 5.41) is 27.0. The lowest BCUT2D eigenvalue weighted by Crippen LogP contribution is -2.32. The van der Waals surface area contributed by atoms with Crippen molar-refractivity contribution in [1.29, 1.82) is 0 Å². The van der Waals surface area contributed by atoms with E-state index in [1.165, 1.54) is 6.07 Å². The van der Waals surface area contributed by atoms with Gasteiger partial charge in [0.25, 0.3) is 0 Å². The first-order valence-electron chi connectivity index (χ1n) is 11.1. The predicted molar refractivity (Wildman–Crippen MR) is 117 cm³/mol. The van der Waals surface area contributed by atoms with Crippen LogP contribution in [0.4, 0.5) is 18.9 Å². The summed E-state index contributed by atoms with van der Waals surface area (Å²) in [5.41, 5.74) is 5.77. The Hall–Kier alpha value is -3.08. The van der Waals surface area contributed by atoms with Crippen molar-refractivity contribution in [3.8, 4) is 22.8 Å². The van der Waals surface area contributed by atoms with Crippen molar-refractivity contribution in [1.82, 2.24) is 5.16 Å². The smallest absolute Gasteiger partial charge is 0.391 e. The maximum absolute atomic E-state index is 13.0. The fourth-order valence-corrected chi connectivity index (χ4v) is 4.18. The predicted octanol–water partition coefficient (Wildman–Crippen LogP) is 4.71. The molecule has 1 saturated carbocycles. The summed E-state index contributed by atoms with van der Waals surface area (Å²) < 4.78 is 44.3. The van der Waals surface area contributed by atoms with Crippen LogP contribution in [-0.4, -0.2) is 39.8 Å². The quantitative estimate of drug-likeness (QED) is 0.418. The number of rotatable bonds is 7. The van der Waals surface area contributed by atoms with E-state index >= 15 is 0 Å². The minimum atomic E-state index is -4.30. The SMILES string of the molecule is CC(C)c1cc(-c2onc(C(=O)CCN)c2NC(=O)C2CCC(C(F)(F)F)CC2)c(O)cc1O. The van der Waals surface area contributed by atoms with E-state index < -0.39 is 29.7 Å². The Morgan fingerprint density at radius 3 is 2.38 bits per heavy atom. The fraction of sp³-hybridized carbons (Fsp3) is 0.522. The number of aromatic nitrogens is 1. The number of carbonyl (C=O) groups excluding carboxylic acids is 2. The van der Waals surface area contributed by atoms with Gasteiger partial charge in [-0.15, -0.1) is 0 Å². The number of benzene rings is 1. The zero-order chi connectivity index (χ0) is 25.2. The van der Waals surface area contributed by atoms with Crippen LogP contribution in [0.1, 0.15) is 67.9 Å². The largest absolute Gasteiger partial charge is 0.508 e.